The van der Waals surface area contributed by atoms with Gasteiger partial charge in [0.2, 0.25) is 0 Å². The molecule has 0 heterocycles. The Hall–Kier alpha value is -0.120. The molecule has 2 N–H and O–H groups in total. The SMILES string of the molecule is CC1CC(OCCOCCN)CC(C)(C)C1. The van der Waals surface area contributed by atoms with Crippen LogP contribution in [0.4, 0.5) is 0 Å². The summed E-state index contributed by atoms with van der Waals surface area (Å²) >= 11 is 0. The van der Waals surface area contributed by atoms with E-state index in [-0.39, 0.29) is 0 Å². The van der Waals surface area contributed by atoms with E-state index in [9.17, 15) is 0 Å². The predicted molar refractivity (Wildman–Crippen MR) is 66.4 cm³/mol. The van der Waals surface area contributed by atoms with Gasteiger partial charge in [0.15, 0.2) is 0 Å². The van der Waals surface area contributed by atoms with Crippen LogP contribution in [0.5, 0.6) is 0 Å². The lowest BCUT2D eigenvalue weighted by molar-refractivity contribution is -0.0438. The average Bonchev–Trinajstić information content (AvgIpc) is 2.14. The second-order valence-electron chi connectivity index (χ2n) is 5.81. The van der Waals surface area contributed by atoms with Crippen LogP contribution in [-0.2, 0) is 9.47 Å². The fourth-order valence-corrected chi connectivity index (χ4v) is 2.84. The maximum absolute atomic E-state index is 5.87. The normalized spacial score (nSPS) is 29.2. The molecule has 2 atom stereocenters. The molecule has 1 aliphatic rings. The lowest BCUT2D eigenvalue weighted by Crippen LogP contribution is -2.33. The highest BCUT2D eigenvalue weighted by atomic mass is 16.5. The molecular formula is C13H27NO2. The molecule has 2 unspecified atom stereocenters. The Labute approximate surface area is 99.7 Å². The zero-order valence-electron chi connectivity index (χ0n) is 11.0. The largest absolute Gasteiger partial charge is 0.378 e. The van der Waals surface area contributed by atoms with Gasteiger partial charge in [-0.05, 0) is 30.6 Å². The summed E-state index contributed by atoms with van der Waals surface area (Å²) in [5.41, 5.74) is 5.77. The van der Waals surface area contributed by atoms with Crippen molar-refractivity contribution in [1.82, 2.24) is 0 Å². The first-order valence-corrected chi connectivity index (χ1v) is 6.43. The Morgan fingerprint density at radius 1 is 1.19 bits per heavy atom. The van der Waals surface area contributed by atoms with Gasteiger partial charge in [0.05, 0.1) is 25.9 Å². The summed E-state index contributed by atoms with van der Waals surface area (Å²) < 4.78 is 11.2. The second kappa shape index (κ2) is 6.58. The van der Waals surface area contributed by atoms with E-state index < -0.39 is 0 Å². The van der Waals surface area contributed by atoms with Crippen LogP contribution in [0.2, 0.25) is 0 Å². The quantitative estimate of drug-likeness (QED) is 0.710. The van der Waals surface area contributed by atoms with Gasteiger partial charge in [-0.1, -0.05) is 20.8 Å². The van der Waals surface area contributed by atoms with Gasteiger partial charge in [-0.3, -0.25) is 0 Å². The summed E-state index contributed by atoms with van der Waals surface area (Å²) in [5, 5.41) is 0. The predicted octanol–water partition coefficient (Wildman–Crippen LogP) is 2.19. The molecule has 0 radical (unpaired) electrons. The molecule has 0 bridgehead atoms. The maximum atomic E-state index is 5.87. The van der Waals surface area contributed by atoms with E-state index in [0.29, 0.717) is 37.9 Å². The van der Waals surface area contributed by atoms with E-state index in [1.807, 2.05) is 0 Å². The topological polar surface area (TPSA) is 44.5 Å². The third-order valence-electron chi connectivity index (χ3n) is 3.19. The lowest BCUT2D eigenvalue weighted by atomic mass is 9.71. The van der Waals surface area contributed by atoms with Crippen LogP contribution in [0.1, 0.15) is 40.0 Å². The van der Waals surface area contributed by atoms with Gasteiger partial charge in [0.25, 0.3) is 0 Å². The molecular weight excluding hydrogens is 202 g/mol. The van der Waals surface area contributed by atoms with Crippen molar-refractivity contribution in [3.8, 4) is 0 Å². The standard InChI is InChI=1S/C13H27NO2/c1-11-8-12(10-13(2,3)9-11)16-7-6-15-5-4-14/h11-12H,4-10,14H2,1-3H3. The summed E-state index contributed by atoms with van der Waals surface area (Å²) in [6.45, 7) is 9.59. The molecule has 1 rings (SSSR count). The lowest BCUT2D eigenvalue weighted by Gasteiger charge is -2.38. The monoisotopic (exact) mass is 229 g/mol. The van der Waals surface area contributed by atoms with Crippen LogP contribution in [0.25, 0.3) is 0 Å². The Bertz CT molecular complexity index is 194. The molecule has 0 aliphatic heterocycles. The third-order valence-corrected chi connectivity index (χ3v) is 3.19. The van der Waals surface area contributed by atoms with Crippen molar-refractivity contribution in [2.24, 2.45) is 17.1 Å². The Balaban J connectivity index is 2.16. The van der Waals surface area contributed by atoms with Gasteiger partial charge < -0.3 is 15.2 Å². The molecule has 0 amide bonds. The van der Waals surface area contributed by atoms with Gasteiger partial charge >= 0.3 is 0 Å². The van der Waals surface area contributed by atoms with Gasteiger partial charge in [0.1, 0.15) is 0 Å². The van der Waals surface area contributed by atoms with Crippen molar-refractivity contribution < 1.29 is 9.47 Å². The highest BCUT2D eigenvalue weighted by Gasteiger charge is 2.32. The van der Waals surface area contributed by atoms with Crippen molar-refractivity contribution in [3.05, 3.63) is 0 Å². The van der Waals surface area contributed by atoms with E-state index in [2.05, 4.69) is 20.8 Å². The summed E-state index contributed by atoms with van der Waals surface area (Å²) in [6, 6.07) is 0. The zero-order chi connectivity index (χ0) is 12.0. The van der Waals surface area contributed by atoms with E-state index in [0.717, 1.165) is 5.92 Å². The number of ether oxygens (including phenoxy) is 2. The number of hydrogen-bond donors (Lipinski definition) is 1. The Morgan fingerprint density at radius 2 is 1.94 bits per heavy atom. The molecule has 1 saturated carbocycles. The van der Waals surface area contributed by atoms with Crippen LogP contribution in [0, 0.1) is 11.3 Å². The Morgan fingerprint density at radius 3 is 2.56 bits per heavy atom. The molecule has 3 heteroatoms. The van der Waals surface area contributed by atoms with Crippen LogP contribution < -0.4 is 5.73 Å². The highest BCUT2D eigenvalue weighted by Crippen LogP contribution is 2.39. The molecule has 0 spiro atoms. The number of nitrogens with two attached hydrogens (primary N) is 1. The first-order valence-electron chi connectivity index (χ1n) is 6.43. The van der Waals surface area contributed by atoms with Crippen LogP contribution in [0.3, 0.4) is 0 Å². The van der Waals surface area contributed by atoms with Crippen molar-refractivity contribution in [2.75, 3.05) is 26.4 Å². The average molecular weight is 229 g/mol. The molecule has 3 nitrogen and oxygen atoms in total. The number of hydrogen-bond acceptors (Lipinski definition) is 3. The summed E-state index contributed by atoms with van der Waals surface area (Å²) in [6.07, 6.45) is 4.10. The highest BCUT2D eigenvalue weighted by molar-refractivity contribution is 4.83. The van der Waals surface area contributed by atoms with Crippen molar-refractivity contribution in [3.63, 3.8) is 0 Å². The first kappa shape index (κ1) is 13.9. The molecule has 96 valence electrons. The van der Waals surface area contributed by atoms with Crippen molar-refractivity contribution in [2.45, 2.75) is 46.1 Å². The Kier molecular flexibility index (Phi) is 5.73. The van der Waals surface area contributed by atoms with Crippen molar-refractivity contribution >= 4 is 0 Å². The molecule has 16 heavy (non-hydrogen) atoms. The van der Waals surface area contributed by atoms with Crippen LogP contribution >= 0.6 is 0 Å². The molecule has 0 aromatic carbocycles. The minimum atomic E-state index is 0.417. The minimum absolute atomic E-state index is 0.417. The minimum Gasteiger partial charge on any atom is -0.378 e. The van der Waals surface area contributed by atoms with E-state index in [4.69, 9.17) is 15.2 Å². The van der Waals surface area contributed by atoms with Crippen LogP contribution in [-0.4, -0.2) is 32.5 Å². The van der Waals surface area contributed by atoms with E-state index in [1.54, 1.807) is 0 Å². The summed E-state index contributed by atoms with van der Waals surface area (Å²) in [7, 11) is 0. The van der Waals surface area contributed by atoms with Crippen molar-refractivity contribution in [1.29, 1.82) is 0 Å². The molecule has 0 saturated heterocycles. The number of rotatable bonds is 6. The smallest absolute Gasteiger partial charge is 0.0704 e. The summed E-state index contributed by atoms with van der Waals surface area (Å²) in [5.74, 6) is 0.777. The first-order chi connectivity index (χ1) is 7.53. The fourth-order valence-electron chi connectivity index (χ4n) is 2.84. The van der Waals surface area contributed by atoms with Gasteiger partial charge in [0, 0.05) is 6.54 Å². The second-order valence-corrected chi connectivity index (χ2v) is 5.81. The fraction of sp³-hybridized carbons (Fsp3) is 1.00. The van der Waals surface area contributed by atoms with Gasteiger partial charge in [-0.15, -0.1) is 0 Å². The molecule has 1 aliphatic carbocycles. The maximum Gasteiger partial charge on any atom is 0.0704 e. The van der Waals surface area contributed by atoms with E-state index in [1.165, 1.54) is 19.3 Å². The molecule has 0 aromatic rings. The van der Waals surface area contributed by atoms with Gasteiger partial charge in [-0.25, -0.2) is 0 Å². The van der Waals surface area contributed by atoms with Crippen LogP contribution in [0.15, 0.2) is 0 Å². The van der Waals surface area contributed by atoms with Gasteiger partial charge in [-0.2, -0.15) is 0 Å². The van der Waals surface area contributed by atoms with E-state index >= 15 is 0 Å². The summed E-state index contributed by atoms with van der Waals surface area (Å²) in [4.78, 5) is 0. The molecule has 0 aromatic heterocycles. The zero-order valence-corrected chi connectivity index (χ0v) is 11.0. The third kappa shape index (κ3) is 5.28. The molecule has 1 fully saturated rings.